The van der Waals surface area contributed by atoms with E-state index in [2.05, 4.69) is 10.6 Å². The maximum atomic E-state index is 13.7. The van der Waals surface area contributed by atoms with Crippen molar-refractivity contribution in [3.63, 3.8) is 0 Å². The Labute approximate surface area is 132 Å². The second-order valence-corrected chi connectivity index (χ2v) is 5.19. The first kappa shape index (κ1) is 15.0. The summed E-state index contributed by atoms with van der Waals surface area (Å²) in [6.45, 7) is 0.503. The Bertz CT molecular complexity index is 731. The van der Waals surface area contributed by atoms with Crippen LogP contribution in [0.2, 0.25) is 0 Å². The normalized spacial score (nSPS) is 16.2. The van der Waals surface area contributed by atoms with Crippen molar-refractivity contribution >= 4 is 12.0 Å². The van der Waals surface area contributed by atoms with Crippen molar-refractivity contribution in [2.45, 2.75) is 12.6 Å². The second-order valence-electron chi connectivity index (χ2n) is 5.19. The molecule has 2 aromatic carbocycles. The van der Waals surface area contributed by atoms with Gasteiger partial charge in [-0.2, -0.15) is 0 Å². The minimum atomic E-state index is -0.636. The van der Waals surface area contributed by atoms with Crippen molar-refractivity contribution in [2.75, 3.05) is 6.54 Å². The number of hydrogen-bond acceptors (Lipinski definition) is 3. The monoisotopic (exact) mass is 314 g/mol. The quantitative estimate of drug-likeness (QED) is 0.850. The van der Waals surface area contributed by atoms with Gasteiger partial charge in [0, 0.05) is 12.1 Å². The highest BCUT2D eigenvalue weighted by Crippen LogP contribution is 2.22. The number of carbonyl (C=O) groups is 2. The van der Waals surface area contributed by atoms with Crippen molar-refractivity contribution in [2.24, 2.45) is 0 Å². The van der Waals surface area contributed by atoms with E-state index in [1.54, 1.807) is 42.5 Å². The maximum Gasteiger partial charge on any atom is 0.408 e. The molecule has 23 heavy (non-hydrogen) atoms. The Morgan fingerprint density at radius 1 is 1.22 bits per heavy atom. The first-order valence-corrected chi connectivity index (χ1v) is 7.18. The van der Waals surface area contributed by atoms with E-state index in [9.17, 15) is 14.0 Å². The van der Waals surface area contributed by atoms with Crippen LogP contribution in [0.25, 0.3) is 11.1 Å². The van der Waals surface area contributed by atoms with Gasteiger partial charge in [0.05, 0.1) is 0 Å². The maximum absolute atomic E-state index is 13.7. The van der Waals surface area contributed by atoms with Crippen LogP contribution in [0.3, 0.4) is 0 Å². The van der Waals surface area contributed by atoms with Crippen LogP contribution in [-0.2, 0) is 16.1 Å². The smallest absolute Gasteiger partial charge is 0.408 e. The summed E-state index contributed by atoms with van der Waals surface area (Å²) < 4.78 is 18.8. The fraction of sp³-hybridized carbons (Fsp3) is 0.176. The molecule has 0 unspecified atom stereocenters. The molecule has 5 nitrogen and oxygen atoms in total. The van der Waals surface area contributed by atoms with Crippen molar-refractivity contribution in [1.29, 1.82) is 0 Å². The van der Waals surface area contributed by atoms with Gasteiger partial charge >= 0.3 is 6.09 Å². The lowest BCUT2D eigenvalue weighted by Gasteiger charge is -2.26. The number of alkyl carbamates (subject to hydrolysis) is 1. The zero-order chi connectivity index (χ0) is 16.2. The highest BCUT2D eigenvalue weighted by atomic mass is 19.1. The van der Waals surface area contributed by atoms with E-state index in [0.29, 0.717) is 12.1 Å². The standard InChI is InChI=1S/C17H15FN2O3/c18-14-4-2-1-3-13(14)12-7-5-11(6-8-12)10-23-17(22)20-15-9-19-16(15)21/h1-8,15H,9-10H2,(H,19,21)(H,20,22)/t15-/m0/s1. The Kier molecular flexibility index (Phi) is 4.23. The summed E-state index contributed by atoms with van der Waals surface area (Å²) in [4.78, 5) is 22.6. The van der Waals surface area contributed by atoms with Crippen molar-refractivity contribution < 1.29 is 18.7 Å². The molecule has 118 valence electrons. The number of nitrogens with one attached hydrogen (secondary N) is 2. The summed E-state index contributed by atoms with van der Waals surface area (Å²) in [6.07, 6.45) is -0.636. The van der Waals surface area contributed by atoms with Crippen LogP contribution in [0.4, 0.5) is 9.18 Å². The van der Waals surface area contributed by atoms with Crippen molar-refractivity contribution in [1.82, 2.24) is 10.6 Å². The summed E-state index contributed by atoms with van der Waals surface area (Å²) in [6, 6.07) is 13.1. The summed E-state index contributed by atoms with van der Waals surface area (Å²) in [7, 11) is 0. The molecule has 2 amide bonds. The molecule has 1 fully saturated rings. The molecule has 3 rings (SSSR count). The Morgan fingerprint density at radius 3 is 2.57 bits per heavy atom. The summed E-state index contributed by atoms with van der Waals surface area (Å²) >= 11 is 0. The van der Waals surface area contributed by atoms with Crippen molar-refractivity contribution in [3.05, 3.63) is 59.9 Å². The number of amides is 2. The number of ether oxygens (including phenoxy) is 1. The zero-order valence-corrected chi connectivity index (χ0v) is 12.2. The first-order chi connectivity index (χ1) is 11.1. The third-order valence-corrected chi connectivity index (χ3v) is 3.60. The van der Waals surface area contributed by atoms with E-state index in [1.807, 2.05) is 0 Å². The second kappa shape index (κ2) is 6.48. The Morgan fingerprint density at radius 2 is 1.96 bits per heavy atom. The predicted molar refractivity (Wildman–Crippen MR) is 82.0 cm³/mol. The lowest BCUT2D eigenvalue weighted by Crippen LogP contribution is -2.61. The van der Waals surface area contributed by atoms with E-state index < -0.39 is 12.1 Å². The third kappa shape index (κ3) is 3.48. The van der Waals surface area contributed by atoms with Gasteiger partial charge in [0.15, 0.2) is 0 Å². The molecule has 1 aliphatic heterocycles. The van der Waals surface area contributed by atoms with Crippen LogP contribution in [0.5, 0.6) is 0 Å². The van der Waals surface area contributed by atoms with Crippen molar-refractivity contribution in [3.8, 4) is 11.1 Å². The van der Waals surface area contributed by atoms with Crippen LogP contribution in [-0.4, -0.2) is 24.6 Å². The van der Waals surface area contributed by atoms with Crippen LogP contribution < -0.4 is 10.6 Å². The van der Waals surface area contributed by atoms with Crippen LogP contribution in [0.15, 0.2) is 48.5 Å². The van der Waals surface area contributed by atoms with Gasteiger partial charge in [-0.3, -0.25) is 4.79 Å². The number of benzene rings is 2. The fourth-order valence-corrected chi connectivity index (χ4v) is 2.21. The number of carbonyl (C=O) groups excluding carboxylic acids is 2. The van der Waals surface area contributed by atoms with E-state index in [-0.39, 0.29) is 18.3 Å². The summed E-state index contributed by atoms with van der Waals surface area (Å²) in [5.41, 5.74) is 2.05. The lowest BCUT2D eigenvalue weighted by atomic mass is 10.0. The molecule has 0 spiro atoms. The molecule has 1 heterocycles. The number of halogens is 1. The molecule has 0 aromatic heterocycles. The molecule has 2 N–H and O–H groups in total. The summed E-state index contributed by atoms with van der Waals surface area (Å²) in [5, 5.41) is 4.98. The molecule has 1 aliphatic rings. The zero-order valence-electron chi connectivity index (χ0n) is 12.2. The average molecular weight is 314 g/mol. The van der Waals surface area contributed by atoms with Gasteiger partial charge in [-0.05, 0) is 17.2 Å². The molecule has 6 heteroatoms. The molecule has 2 aromatic rings. The molecule has 0 radical (unpaired) electrons. The van der Waals surface area contributed by atoms with Gasteiger partial charge in [0.1, 0.15) is 18.5 Å². The van der Waals surface area contributed by atoms with E-state index in [1.165, 1.54) is 6.07 Å². The largest absolute Gasteiger partial charge is 0.445 e. The Hall–Kier alpha value is -2.89. The van der Waals surface area contributed by atoms with E-state index >= 15 is 0 Å². The van der Waals surface area contributed by atoms with E-state index in [0.717, 1.165) is 11.1 Å². The topological polar surface area (TPSA) is 67.4 Å². The SMILES string of the molecule is O=C(N[C@H]1CNC1=O)OCc1ccc(-c2ccccc2F)cc1. The van der Waals surface area contributed by atoms with Gasteiger partial charge in [-0.25, -0.2) is 9.18 Å². The fourth-order valence-electron chi connectivity index (χ4n) is 2.21. The summed E-state index contributed by atoms with van der Waals surface area (Å²) in [5.74, 6) is -0.495. The van der Waals surface area contributed by atoms with Crippen LogP contribution >= 0.6 is 0 Å². The van der Waals surface area contributed by atoms with E-state index in [4.69, 9.17) is 4.74 Å². The molecule has 0 saturated carbocycles. The lowest BCUT2D eigenvalue weighted by molar-refractivity contribution is -0.128. The molecular formula is C17H15FN2O3. The van der Waals surface area contributed by atoms with Gasteiger partial charge < -0.3 is 15.4 Å². The molecule has 1 atom stereocenters. The molecule has 0 bridgehead atoms. The number of rotatable bonds is 4. The average Bonchev–Trinajstić information content (AvgIpc) is 2.57. The molecular weight excluding hydrogens is 299 g/mol. The first-order valence-electron chi connectivity index (χ1n) is 7.18. The van der Waals surface area contributed by atoms with Crippen LogP contribution in [0.1, 0.15) is 5.56 Å². The van der Waals surface area contributed by atoms with Gasteiger partial charge in [-0.15, -0.1) is 0 Å². The number of hydrogen-bond donors (Lipinski definition) is 2. The van der Waals surface area contributed by atoms with Crippen LogP contribution in [0, 0.1) is 5.82 Å². The predicted octanol–water partition coefficient (Wildman–Crippen LogP) is 2.22. The third-order valence-electron chi connectivity index (χ3n) is 3.60. The highest BCUT2D eigenvalue weighted by Gasteiger charge is 2.29. The van der Waals surface area contributed by atoms with Gasteiger partial charge in [0.25, 0.3) is 0 Å². The minimum Gasteiger partial charge on any atom is -0.445 e. The number of β-lactam (4-membered cyclic amide) rings is 1. The molecule has 0 aliphatic carbocycles. The van der Waals surface area contributed by atoms with Gasteiger partial charge in [-0.1, -0.05) is 42.5 Å². The van der Waals surface area contributed by atoms with Gasteiger partial charge in [0.2, 0.25) is 5.91 Å². The Balaban J connectivity index is 1.56. The highest BCUT2D eigenvalue weighted by molar-refractivity contribution is 5.90. The molecule has 1 saturated heterocycles. The minimum absolute atomic E-state index is 0.0811.